The number of hydrogen-bond donors (Lipinski definition) is 0. The standard InChI is InChI=1S/C7H2ClF2N3O4S/c8-18(16,17)7-5(13(14)15)3(1-11)4(2-12-7)6(9)10/h2,6H. The SMILES string of the molecule is N#Cc1c(C(F)F)cnc(S(=O)(=O)Cl)c1[N+](=O)[O-]. The Hall–Kier alpha value is -1.86. The monoisotopic (exact) mass is 297 g/mol. The highest BCUT2D eigenvalue weighted by Gasteiger charge is 2.33. The molecule has 96 valence electrons. The lowest BCUT2D eigenvalue weighted by molar-refractivity contribution is -0.388. The molecule has 0 spiro atoms. The zero-order valence-electron chi connectivity index (χ0n) is 8.17. The fourth-order valence-corrected chi connectivity index (χ4v) is 2.05. The molecule has 1 aromatic heterocycles. The maximum Gasteiger partial charge on any atom is 0.326 e. The van der Waals surface area contributed by atoms with Crippen molar-refractivity contribution in [3.8, 4) is 6.07 Å². The van der Waals surface area contributed by atoms with Gasteiger partial charge in [0.2, 0.25) is 0 Å². The van der Waals surface area contributed by atoms with Crippen LogP contribution >= 0.6 is 10.7 Å². The molecular formula is C7H2ClF2N3O4S. The van der Waals surface area contributed by atoms with Crippen LogP contribution in [0.15, 0.2) is 11.2 Å². The third kappa shape index (κ3) is 2.52. The third-order valence-electron chi connectivity index (χ3n) is 1.81. The minimum Gasteiger partial charge on any atom is -0.258 e. The molecule has 0 aliphatic rings. The summed E-state index contributed by atoms with van der Waals surface area (Å²) in [6.07, 6.45) is -2.84. The molecule has 18 heavy (non-hydrogen) atoms. The van der Waals surface area contributed by atoms with E-state index in [2.05, 4.69) is 4.98 Å². The van der Waals surface area contributed by atoms with Crippen LogP contribution in [0, 0.1) is 21.4 Å². The average molecular weight is 298 g/mol. The summed E-state index contributed by atoms with van der Waals surface area (Å²) in [4.78, 5) is 12.4. The molecule has 0 atom stereocenters. The Morgan fingerprint density at radius 2 is 2.11 bits per heavy atom. The normalized spacial score (nSPS) is 11.3. The van der Waals surface area contributed by atoms with E-state index in [1.54, 1.807) is 0 Å². The van der Waals surface area contributed by atoms with Crippen molar-refractivity contribution in [1.82, 2.24) is 4.98 Å². The van der Waals surface area contributed by atoms with Crippen molar-refractivity contribution in [3.63, 3.8) is 0 Å². The number of nitrogens with zero attached hydrogens (tertiary/aromatic N) is 3. The van der Waals surface area contributed by atoms with E-state index in [1.165, 1.54) is 0 Å². The zero-order valence-corrected chi connectivity index (χ0v) is 9.74. The van der Waals surface area contributed by atoms with Crippen LogP contribution in [0.2, 0.25) is 0 Å². The van der Waals surface area contributed by atoms with Gasteiger partial charge in [-0.05, 0) is 0 Å². The van der Waals surface area contributed by atoms with Crippen LogP contribution in [0.1, 0.15) is 17.6 Å². The summed E-state index contributed by atoms with van der Waals surface area (Å²) in [6.45, 7) is 0. The van der Waals surface area contributed by atoms with Crippen molar-refractivity contribution >= 4 is 25.4 Å². The van der Waals surface area contributed by atoms with Crippen molar-refractivity contribution in [3.05, 3.63) is 27.4 Å². The molecule has 1 rings (SSSR count). The molecule has 0 N–H and O–H groups in total. The Labute approximate surface area is 103 Å². The van der Waals surface area contributed by atoms with E-state index in [9.17, 15) is 27.3 Å². The lowest BCUT2D eigenvalue weighted by Crippen LogP contribution is -2.07. The Morgan fingerprint density at radius 3 is 2.44 bits per heavy atom. The molecule has 0 aliphatic carbocycles. The average Bonchev–Trinajstić information content (AvgIpc) is 2.25. The Balaban J connectivity index is 3.83. The van der Waals surface area contributed by atoms with E-state index in [0.29, 0.717) is 6.20 Å². The van der Waals surface area contributed by atoms with Gasteiger partial charge in [-0.15, -0.1) is 0 Å². The molecule has 0 aromatic carbocycles. The number of aromatic nitrogens is 1. The first-order chi connectivity index (χ1) is 8.20. The van der Waals surface area contributed by atoms with Crippen LogP contribution in [-0.2, 0) is 9.05 Å². The molecule has 0 fully saturated rings. The summed E-state index contributed by atoms with van der Waals surface area (Å²) in [5.41, 5.74) is -3.47. The van der Waals surface area contributed by atoms with Gasteiger partial charge in [0.25, 0.3) is 20.5 Å². The summed E-state index contributed by atoms with van der Waals surface area (Å²) in [5.74, 6) is 0. The molecular weight excluding hydrogens is 296 g/mol. The van der Waals surface area contributed by atoms with Crippen LogP contribution in [0.3, 0.4) is 0 Å². The van der Waals surface area contributed by atoms with Crippen molar-refractivity contribution in [2.75, 3.05) is 0 Å². The fraction of sp³-hybridized carbons (Fsp3) is 0.143. The number of hydrogen-bond acceptors (Lipinski definition) is 6. The number of halogens is 3. The highest BCUT2D eigenvalue weighted by atomic mass is 35.7. The minimum atomic E-state index is -4.63. The molecule has 0 unspecified atom stereocenters. The number of nitro groups is 1. The number of nitriles is 1. The van der Waals surface area contributed by atoms with Gasteiger partial charge in [0.15, 0.2) is 0 Å². The fourth-order valence-electron chi connectivity index (χ4n) is 1.13. The molecule has 11 heteroatoms. The molecule has 0 saturated heterocycles. The first-order valence-electron chi connectivity index (χ1n) is 4.00. The molecule has 0 saturated carbocycles. The van der Waals surface area contributed by atoms with Crippen LogP contribution < -0.4 is 0 Å². The quantitative estimate of drug-likeness (QED) is 0.477. The van der Waals surface area contributed by atoms with Crippen LogP contribution in [0.4, 0.5) is 14.5 Å². The van der Waals surface area contributed by atoms with Gasteiger partial charge in [-0.2, -0.15) is 5.26 Å². The second kappa shape index (κ2) is 4.79. The first-order valence-corrected chi connectivity index (χ1v) is 6.31. The van der Waals surface area contributed by atoms with Crippen LogP contribution in [0.5, 0.6) is 0 Å². The van der Waals surface area contributed by atoms with Gasteiger partial charge in [0.05, 0.1) is 10.5 Å². The second-order valence-electron chi connectivity index (χ2n) is 2.85. The lowest BCUT2D eigenvalue weighted by Gasteiger charge is -2.05. The predicted molar refractivity (Wildman–Crippen MR) is 53.6 cm³/mol. The second-order valence-corrected chi connectivity index (χ2v) is 5.33. The van der Waals surface area contributed by atoms with Crippen molar-refractivity contribution in [2.24, 2.45) is 0 Å². The summed E-state index contributed by atoms with van der Waals surface area (Å²) >= 11 is 0. The minimum absolute atomic E-state index is 0.367. The number of pyridine rings is 1. The summed E-state index contributed by atoms with van der Waals surface area (Å²) in [7, 11) is 0.247. The van der Waals surface area contributed by atoms with E-state index in [-0.39, 0.29) is 0 Å². The highest BCUT2D eigenvalue weighted by Crippen LogP contribution is 2.33. The number of alkyl halides is 2. The smallest absolute Gasteiger partial charge is 0.258 e. The summed E-state index contributed by atoms with van der Waals surface area (Å²) < 4.78 is 47.0. The van der Waals surface area contributed by atoms with E-state index in [0.717, 1.165) is 6.07 Å². The highest BCUT2D eigenvalue weighted by molar-refractivity contribution is 8.13. The Kier molecular flexibility index (Phi) is 3.78. The van der Waals surface area contributed by atoms with E-state index < -0.39 is 42.2 Å². The Morgan fingerprint density at radius 1 is 1.56 bits per heavy atom. The van der Waals surface area contributed by atoms with E-state index in [1.807, 2.05) is 0 Å². The predicted octanol–water partition coefficient (Wildman–Crippen LogP) is 1.73. The molecule has 0 bridgehead atoms. The number of rotatable bonds is 3. The molecule has 0 radical (unpaired) electrons. The molecule has 1 heterocycles. The maximum absolute atomic E-state index is 12.5. The molecule has 7 nitrogen and oxygen atoms in total. The van der Waals surface area contributed by atoms with Gasteiger partial charge in [0.1, 0.15) is 11.6 Å². The Bertz CT molecular complexity index is 655. The van der Waals surface area contributed by atoms with Gasteiger partial charge in [0, 0.05) is 16.9 Å². The van der Waals surface area contributed by atoms with Crippen molar-refractivity contribution in [2.45, 2.75) is 11.5 Å². The topological polar surface area (TPSA) is 114 Å². The van der Waals surface area contributed by atoms with Crippen molar-refractivity contribution in [1.29, 1.82) is 5.26 Å². The van der Waals surface area contributed by atoms with Crippen molar-refractivity contribution < 1.29 is 22.1 Å². The van der Waals surface area contributed by atoms with Gasteiger partial charge in [-0.3, -0.25) is 10.1 Å². The van der Waals surface area contributed by atoms with E-state index in [4.69, 9.17) is 15.9 Å². The van der Waals surface area contributed by atoms with E-state index >= 15 is 0 Å². The largest absolute Gasteiger partial charge is 0.326 e. The zero-order chi connectivity index (χ0) is 14.1. The molecule has 0 aliphatic heterocycles. The lowest BCUT2D eigenvalue weighted by atomic mass is 10.1. The van der Waals surface area contributed by atoms with Gasteiger partial charge < -0.3 is 0 Å². The van der Waals surface area contributed by atoms with Crippen LogP contribution in [0.25, 0.3) is 0 Å². The molecule has 0 amide bonds. The first kappa shape index (κ1) is 14.2. The summed E-state index contributed by atoms with van der Waals surface area (Å²) in [5, 5.41) is 18.1. The maximum atomic E-state index is 12.5. The van der Waals surface area contributed by atoms with Crippen LogP contribution in [-0.4, -0.2) is 18.3 Å². The molecule has 1 aromatic rings. The van der Waals surface area contributed by atoms with Gasteiger partial charge in [-0.25, -0.2) is 22.2 Å². The van der Waals surface area contributed by atoms with Gasteiger partial charge >= 0.3 is 5.69 Å². The summed E-state index contributed by atoms with van der Waals surface area (Å²) in [6, 6.07) is 1.15. The third-order valence-corrected chi connectivity index (χ3v) is 3.01. The van der Waals surface area contributed by atoms with Gasteiger partial charge in [-0.1, -0.05) is 0 Å².